The minimum Gasteiger partial charge on any atom is -0.381 e. The van der Waals surface area contributed by atoms with Crippen LogP contribution in [0.2, 0.25) is 0 Å². The number of hydrogen-bond donors (Lipinski definition) is 1. The van der Waals surface area contributed by atoms with Crippen LogP contribution in [0.4, 0.5) is 0 Å². The molecule has 1 unspecified atom stereocenters. The molecule has 3 nitrogen and oxygen atoms in total. The van der Waals surface area contributed by atoms with Gasteiger partial charge in [0.25, 0.3) is 0 Å². The molecule has 2 heterocycles. The maximum atomic E-state index is 5.58. The van der Waals surface area contributed by atoms with E-state index in [0.717, 1.165) is 45.9 Å². The minimum absolute atomic E-state index is 0.709. The summed E-state index contributed by atoms with van der Waals surface area (Å²) in [6, 6.07) is 4.25. The summed E-state index contributed by atoms with van der Waals surface area (Å²) in [5.74, 6) is 0.709. The molecule has 0 amide bonds. The van der Waals surface area contributed by atoms with E-state index in [4.69, 9.17) is 9.47 Å². The summed E-state index contributed by atoms with van der Waals surface area (Å²) in [6.45, 7) is 5.50. The first-order chi connectivity index (χ1) is 8.45. The summed E-state index contributed by atoms with van der Waals surface area (Å²) in [5.41, 5.74) is 0. The number of ether oxygens (including phenoxy) is 2. The molecule has 1 N–H and O–H groups in total. The first-order valence-electron chi connectivity index (χ1n) is 6.34. The van der Waals surface area contributed by atoms with E-state index in [1.54, 1.807) is 11.3 Å². The van der Waals surface area contributed by atoms with Gasteiger partial charge in [-0.25, -0.2) is 0 Å². The Kier molecular flexibility index (Phi) is 5.99. The molecule has 0 aromatic carbocycles. The quantitative estimate of drug-likeness (QED) is 0.720. The van der Waals surface area contributed by atoms with E-state index in [1.807, 2.05) is 0 Å². The summed E-state index contributed by atoms with van der Waals surface area (Å²) >= 11 is 1.80. The van der Waals surface area contributed by atoms with Crippen LogP contribution in [0.5, 0.6) is 0 Å². The summed E-state index contributed by atoms with van der Waals surface area (Å²) in [4.78, 5) is 1.40. The molecule has 4 heteroatoms. The van der Waals surface area contributed by atoms with Gasteiger partial charge in [-0.2, -0.15) is 0 Å². The van der Waals surface area contributed by atoms with Crippen LogP contribution in [0.25, 0.3) is 0 Å². The summed E-state index contributed by atoms with van der Waals surface area (Å²) in [5, 5.41) is 5.53. The van der Waals surface area contributed by atoms with E-state index in [0.29, 0.717) is 5.92 Å². The zero-order valence-electron chi connectivity index (χ0n) is 10.2. The van der Waals surface area contributed by atoms with Crippen LogP contribution in [0.3, 0.4) is 0 Å². The molecule has 0 bridgehead atoms. The normalized spacial score (nSPS) is 19.9. The SMILES string of the molecule is c1csc(CCOCCNCC2CCOC2)c1. The fourth-order valence-corrected chi connectivity index (χ4v) is 2.61. The molecule has 1 aliphatic rings. The van der Waals surface area contributed by atoms with Gasteiger partial charge in [-0.1, -0.05) is 6.07 Å². The van der Waals surface area contributed by atoms with Crippen LogP contribution < -0.4 is 5.32 Å². The molecule has 1 aromatic rings. The maximum Gasteiger partial charge on any atom is 0.0591 e. The van der Waals surface area contributed by atoms with Crippen LogP contribution in [-0.4, -0.2) is 39.5 Å². The van der Waals surface area contributed by atoms with E-state index in [9.17, 15) is 0 Å². The lowest BCUT2D eigenvalue weighted by Crippen LogP contribution is -2.26. The first kappa shape index (κ1) is 13.0. The van der Waals surface area contributed by atoms with Crippen molar-refractivity contribution < 1.29 is 9.47 Å². The van der Waals surface area contributed by atoms with E-state index in [2.05, 4.69) is 22.8 Å². The van der Waals surface area contributed by atoms with Crippen LogP contribution in [0.1, 0.15) is 11.3 Å². The molecule has 1 fully saturated rings. The fraction of sp³-hybridized carbons (Fsp3) is 0.692. The van der Waals surface area contributed by atoms with Gasteiger partial charge in [-0.05, 0) is 23.8 Å². The van der Waals surface area contributed by atoms with Crippen LogP contribution >= 0.6 is 11.3 Å². The van der Waals surface area contributed by atoms with E-state index < -0.39 is 0 Å². The molecule has 0 radical (unpaired) electrons. The van der Waals surface area contributed by atoms with Crippen LogP contribution in [0, 0.1) is 5.92 Å². The highest BCUT2D eigenvalue weighted by Gasteiger charge is 2.14. The second-order valence-corrected chi connectivity index (χ2v) is 5.41. The zero-order chi connectivity index (χ0) is 11.8. The average molecular weight is 255 g/mol. The third-order valence-electron chi connectivity index (χ3n) is 2.95. The molecular formula is C13H21NO2S. The van der Waals surface area contributed by atoms with Gasteiger partial charge >= 0.3 is 0 Å². The molecule has 1 saturated heterocycles. The van der Waals surface area contributed by atoms with Crippen molar-refractivity contribution in [3.63, 3.8) is 0 Å². The molecule has 2 rings (SSSR count). The molecule has 1 atom stereocenters. The lowest BCUT2D eigenvalue weighted by Gasteiger charge is -2.09. The smallest absolute Gasteiger partial charge is 0.0591 e. The fourth-order valence-electron chi connectivity index (χ4n) is 1.92. The largest absolute Gasteiger partial charge is 0.381 e. The molecule has 0 spiro atoms. The van der Waals surface area contributed by atoms with Crippen molar-refractivity contribution in [2.24, 2.45) is 5.92 Å². The van der Waals surface area contributed by atoms with Crippen molar-refractivity contribution in [1.82, 2.24) is 5.32 Å². The Balaban J connectivity index is 1.39. The second-order valence-electron chi connectivity index (χ2n) is 4.38. The van der Waals surface area contributed by atoms with Gasteiger partial charge in [0, 0.05) is 31.0 Å². The van der Waals surface area contributed by atoms with Gasteiger partial charge in [0.15, 0.2) is 0 Å². The Morgan fingerprint density at radius 3 is 3.24 bits per heavy atom. The van der Waals surface area contributed by atoms with Crippen molar-refractivity contribution in [2.75, 3.05) is 39.5 Å². The predicted octanol–water partition coefficient (Wildman–Crippen LogP) is 1.93. The summed E-state index contributed by atoms with van der Waals surface area (Å²) in [7, 11) is 0. The second kappa shape index (κ2) is 7.82. The van der Waals surface area contributed by atoms with Crippen molar-refractivity contribution >= 4 is 11.3 Å². The highest BCUT2D eigenvalue weighted by Crippen LogP contribution is 2.10. The Hall–Kier alpha value is -0.420. The predicted molar refractivity (Wildman–Crippen MR) is 70.6 cm³/mol. The molecule has 17 heavy (non-hydrogen) atoms. The van der Waals surface area contributed by atoms with Crippen molar-refractivity contribution in [2.45, 2.75) is 12.8 Å². The lowest BCUT2D eigenvalue weighted by atomic mass is 10.1. The number of hydrogen-bond acceptors (Lipinski definition) is 4. The molecule has 0 aliphatic carbocycles. The number of rotatable bonds is 8. The Bertz CT molecular complexity index is 284. The lowest BCUT2D eigenvalue weighted by molar-refractivity contribution is 0.137. The zero-order valence-corrected chi connectivity index (χ0v) is 11.0. The Morgan fingerprint density at radius 1 is 1.47 bits per heavy atom. The van der Waals surface area contributed by atoms with Gasteiger partial charge in [0.2, 0.25) is 0 Å². The standard InChI is InChI=1S/C13H21NO2S/c1-2-13(17-9-1)4-7-15-8-5-14-10-12-3-6-16-11-12/h1-2,9,12,14H,3-8,10-11H2. The van der Waals surface area contributed by atoms with Crippen LogP contribution in [0.15, 0.2) is 17.5 Å². The molecule has 0 saturated carbocycles. The molecule has 1 aromatic heterocycles. The van der Waals surface area contributed by atoms with Gasteiger partial charge in [-0.15, -0.1) is 11.3 Å². The van der Waals surface area contributed by atoms with Crippen molar-refractivity contribution in [1.29, 1.82) is 0 Å². The maximum absolute atomic E-state index is 5.58. The highest BCUT2D eigenvalue weighted by molar-refractivity contribution is 7.09. The van der Waals surface area contributed by atoms with Gasteiger partial charge in [0.1, 0.15) is 0 Å². The monoisotopic (exact) mass is 255 g/mol. The minimum atomic E-state index is 0.709. The first-order valence-corrected chi connectivity index (χ1v) is 7.21. The van der Waals surface area contributed by atoms with Gasteiger partial charge in [0.05, 0.1) is 19.8 Å². The van der Waals surface area contributed by atoms with E-state index in [-0.39, 0.29) is 0 Å². The Morgan fingerprint density at radius 2 is 2.47 bits per heavy atom. The summed E-state index contributed by atoms with van der Waals surface area (Å²) < 4.78 is 10.9. The number of nitrogens with one attached hydrogen (secondary N) is 1. The third-order valence-corrected chi connectivity index (χ3v) is 3.89. The topological polar surface area (TPSA) is 30.5 Å². The molecule has 1 aliphatic heterocycles. The number of thiophene rings is 1. The summed E-state index contributed by atoms with van der Waals surface area (Å²) in [6.07, 6.45) is 2.24. The molecule has 96 valence electrons. The highest BCUT2D eigenvalue weighted by atomic mass is 32.1. The van der Waals surface area contributed by atoms with Gasteiger partial charge in [-0.3, -0.25) is 0 Å². The van der Waals surface area contributed by atoms with E-state index in [1.165, 1.54) is 11.3 Å². The van der Waals surface area contributed by atoms with E-state index >= 15 is 0 Å². The average Bonchev–Trinajstić information content (AvgIpc) is 3.00. The van der Waals surface area contributed by atoms with Crippen LogP contribution in [-0.2, 0) is 15.9 Å². The van der Waals surface area contributed by atoms with Gasteiger partial charge < -0.3 is 14.8 Å². The van der Waals surface area contributed by atoms with Crippen molar-refractivity contribution in [3.05, 3.63) is 22.4 Å². The molecular weight excluding hydrogens is 234 g/mol. The third kappa shape index (κ3) is 5.17. The Labute approximate surface area is 107 Å². The van der Waals surface area contributed by atoms with Crippen molar-refractivity contribution in [3.8, 4) is 0 Å².